The van der Waals surface area contributed by atoms with Crippen LogP contribution in [0.5, 0.6) is 5.75 Å². The summed E-state index contributed by atoms with van der Waals surface area (Å²) in [6.45, 7) is 4.21. The molecule has 1 aliphatic rings. The molecule has 0 aliphatic carbocycles. The topological polar surface area (TPSA) is 74.8 Å². The number of ether oxygens (including phenoxy) is 1. The Balaban J connectivity index is 1.41. The van der Waals surface area contributed by atoms with E-state index in [0.29, 0.717) is 31.9 Å². The molecule has 2 heterocycles. The van der Waals surface area contributed by atoms with Crippen LogP contribution in [0.15, 0.2) is 29.6 Å². The number of nitrogens with zero attached hydrogens (tertiary/aromatic N) is 3. The molecular weight excluding hydrogens is 421 g/mol. The van der Waals surface area contributed by atoms with Crippen LogP contribution in [0.25, 0.3) is 0 Å². The highest BCUT2D eigenvalue weighted by molar-refractivity contribution is 7.09. The minimum Gasteiger partial charge on any atom is -0.406 e. The van der Waals surface area contributed by atoms with Gasteiger partial charge < -0.3 is 15.0 Å². The lowest BCUT2D eigenvalue weighted by Gasteiger charge is -2.34. The predicted molar refractivity (Wildman–Crippen MR) is 105 cm³/mol. The van der Waals surface area contributed by atoms with Gasteiger partial charge in [0.05, 0.1) is 23.7 Å². The molecule has 162 valence electrons. The van der Waals surface area contributed by atoms with Gasteiger partial charge in [-0.3, -0.25) is 14.5 Å². The second-order valence-corrected chi connectivity index (χ2v) is 7.87. The van der Waals surface area contributed by atoms with Gasteiger partial charge in [0, 0.05) is 37.2 Å². The zero-order valence-electron chi connectivity index (χ0n) is 16.2. The van der Waals surface area contributed by atoms with Gasteiger partial charge in [-0.1, -0.05) is 0 Å². The van der Waals surface area contributed by atoms with Crippen molar-refractivity contribution in [3.63, 3.8) is 0 Å². The van der Waals surface area contributed by atoms with Crippen molar-refractivity contribution in [2.75, 3.05) is 38.0 Å². The van der Waals surface area contributed by atoms with Crippen molar-refractivity contribution in [1.82, 2.24) is 14.8 Å². The quantitative estimate of drug-likeness (QED) is 0.745. The number of carbonyl (C=O) groups is 2. The second kappa shape index (κ2) is 9.43. The molecule has 1 fully saturated rings. The molecule has 0 saturated carbocycles. The third-order valence-electron chi connectivity index (χ3n) is 4.46. The summed E-state index contributed by atoms with van der Waals surface area (Å²) in [6.07, 6.45) is -4.48. The number of aryl methyl sites for hydroxylation is 1. The number of nitrogens with one attached hydrogen (secondary N) is 1. The normalized spacial score (nSPS) is 15.1. The van der Waals surface area contributed by atoms with Crippen LogP contribution in [-0.4, -0.2) is 65.7 Å². The molecule has 0 unspecified atom stereocenters. The summed E-state index contributed by atoms with van der Waals surface area (Å²) < 4.78 is 40.3. The summed E-state index contributed by atoms with van der Waals surface area (Å²) >= 11 is 1.51. The van der Waals surface area contributed by atoms with E-state index in [1.54, 1.807) is 4.90 Å². The third kappa shape index (κ3) is 6.70. The maximum atomic E-state index is 12.4. The van der Waals surface area contributed by atoms with Crippen molar-refractivity contribution >= 4 is 28.8 Å². The van der Waals surface area contributed by atoms with Gasteiger partial charge in [0.2, 0.25) is 11.8 Å². The second-order valence-electron chi connectivity index (χ2n) is 6.81. The minimum absolute atomic E-state index is 0.0190. The molecule has 1 aromatic carbocycles. The fourth-order valence-electron chi connectivity index (χ4n) is 3.06. The fraction of sp³-hybridized carbons (Fsp3) is 0.421. The Hall–Kier alpha value is -2.66. The van der Waals surface area contributed by atoms with Gasteiger partial charge in [-0.25, -0.2) is 4.98 Å². The van der Waals surface area contributed by atoms with Gasteiger partial charge in [0.25, 0.3) is 0 Å². The first kappa shape index (κ1) is 22.0. The van der Waals surface area contributed by atoms with E-state index in [0.717, 1.165) is 22.8 Å². The lowest BCUT2D eigenvalue weighted by atomic mass is 10.2. The summed E-state index contributed by atoms with van der Waals surface area (Å²) in [4.78, 5) is 32.6. The molecule has 11 heteroatoms. The molecule has 0 bridgehead atoms. The third-order valence-corrected chi connectivity index (χ3v) is 5.29. The number of hydrogen-bond acceptors (Lipinski definition) is 6. The lowest BCUT2D eigenvalue weighted by Crippen LogP contribution is -2.50. The standard InChI is InChI=1S/C19H21F3N4O3S/c1-13-23-15(12-30-13)10-18(28)26-8-6-25(7-9-26)11-17(27)24-14-2-4-16(5-3-14)29-19(20,21)22/h2-5,12H,6-11H2,1H3,(H,24,27). The Labute approximate surface area is 175 Å². The lowest BCUT2D eigenvalue weighted by molar-refractivity contribution is -0.274. The fourth-order valence-corrected chi connectivity index (χ4v) is 3.67. The minimum atomic E-state index is -4.76. The average Bonchev–Trinajstić information content (AvgIpc) is 3.07. The Kier molecular flexibility index (Phi) is 6.93. The molecule has 2 aromatic rings. The number of aromatic nitrogens is 1. The number of hydrogen-bond donors (Lipinski definition) is 1. The largest absolute Gasteiger partial charge is 0.573 e. The Bertz CT molecular complexity index is 878. The first-order valence-corrected chi connectivity index (χ1v) is 10.1. The van der Waals surface area contributed by atoms with E-state index < -0.39 is 6.36 Å². The highest BCUT2D eigenvalue weighted by Crippen LogP contribution is 2.24. The van der Waals surface area contributed by atoms with Gasteiger partial charge in [0.15, 0.2) is 0 Å². The number of amides is 2. The monoisotopic (exact) mass is 442 g/mol. The maximum Gasteiger partial charge on any atom is 0.573 e. The van der Waals surface area contributed by atoms with Crippen molar-refractivity contribution in [1.29, 1.82) is 0 Å². The number of anilines is 1. The zero-order valence-corrected chi connectivity index (χ0v) is 17.1. The molecule has 0 spiro atoms. The highest BCUT2D eigenvalue weighted by Gasteiger charge is 2.31. The van der Waals surface area contributed by atoms with Crippen LogP contribution in [0, 0.1) is 6.92 Å². The Morgan fingerprint density at radius 1 is 1.17 bits per heavy atom. The highest BCUT2D eigenvalue weighted by atomic mass is 32.1. The number of rotatable bonds is 6. The number of thiazole rings is 1. The van der Waals surface area contributed by atoms with Crippen LogP contribution in [0.4, 0.5) is 18.9 Å². The van der Waals surface area contributed by atoms with Gasteiger partial charge in [-0.2, -0.15) is 0 Å². The van der Waals surface area contributed by atoms with Gasteiger partial charge >= 0.3 is 6.36 Å². The number of halogens is 3. The van der Waals surface area contributed by atoms with Crippen molar-refractivity contribution in [2.24, 2.45) is 0 Å². The summed E-state index contributed by atoms with van der Waals surface area (Å²) in [7, 11) is 0. The van der Waals surface area contributed by atoms with E-state index in [1.807, 2.05) is 17.2 Å². The van der Waals surface area contributed by atoms with Crippen LogP contribution in [-0.2, 0) is 16.0 Å². The van der Waals surface area contributed by atoms with Crippen LogP contribution in [0.1, 0.15) is 10.7 Å². The van der Waals surface area contributed by atoms with Crippen LogP contribution in [0.3, 0.4) is 0 Å². The van der Waals surface area contributed by atoms with E-state index in [9.17, 15) is 22.8 Å². The van der Waals surface area contributed by atoms with Crippen LogP contribution < -0.4 is 10.1 Å². The number of piperazine rings is 1. The van der Waals surface area contributed by atoms with Crippen LogP contribution in [0.2, 0.25) is 0 Å². The van der Waals surface area contributed by atoms with E-state index in [4.69, 9.17) is 0 Å². The summed E-state index contributed by atoms with van der Waals surface area (Å²) in [5.41, 5.74) is 1.15. The number of carbonyl (C=O) groups excluding carboxylic acids is 2. The van der Waals surface area contributed by atoms with Gasteiger partial charge in [-0.05, 0) is 31.2 Å². The molecule has 3 rings (SSSR count). The molecule has 0 atom stereocenters. The molecule has 1 aliphatic heterocycles. The average molecular weight is 442 g/mol. The molecule has 1 aromatic heterocycles. The molecule has 30 heavy (non-hydrogen) atoms. The first-order valence-electron chi connectivity index (χ1n) is 9.25. The smallest absolute Gasteiger partial charge is 0.406 e. The van der Waals surface area contributed by atoms with Crippen molar-refractivity contribution in [3.8, 4) is 5.75 Å². The van der Waals surface area contributed by atoms with E-state index in [2.05, 4.69) is 15.0 Å². The predicted octanol–water partition coefficient (Wildman–Crippen LogP) is 2.68. The van der Waals surface area contributed by atoms with E-state index in [-0.39, 0.29) is 30.5 Å². The van der Waals surface area contributed by atoms with Gasteiger partial charge in [0.1, 0.15) is 5.75 Å². The number of alkyl halides is 3. The van der Waals surface area contributed by atoms with E-state index >= 15 is 0 Å². The Morgan fingerprint density at radius 3 is 2.40 bits per heavy atom. The molecule has 7 nitrogen and oxygen atoms in total. The van der Waals surface area contributed by atoms with E-state index in [1.165, 1.54) is 23.5 Å². The first-order chi connectivity index (χ1) is 14.2. The zero-order chi connectivity index (χ0) is 21.7. The molecule has 2 amide bonds. The number of benzene rings is 1. The molecular formula is C19H21F3N4O3S. The summed E-state index contributed by atoms with van der Waals surface area (Å²) in [5.74, 6) is -0.614. The maximum absolute atomic E-state index is 12.4. The molecule has 1 N–H and O–H groups in total. The van der Waals surface area contributed by atoms with Crippen molar-refractivity contribution < 1.29 is 27.5 Å². The van der Waals surface area contributed by atoms with Gasteiger partial charge in [-0.15, -0.1) is 24.5 Å². The SMILES string of the molecule is Cc1nc(CC(=O)N2CCN(CC(=O)Nc3ccc(OC(F)(F)F)cc3)CC2)cs1. The van der Waals surface area contributed by atoms with Crippen LogP contribution >= 0.6 is 11.3 Å². The Morgan fingerprint density at radius 2 is 1.83 bits per heavy atom. The van der Waals surface area contributed by atoms with Crippen molar-refractivity contribution in [3.05, 3.63) is 40.3 Å². The molecule has 1 saturated heterocycles. The van der Waals surface area contributed by atoms with Crippen molar-refractivity contribution in [2.45, 2.75) is 19.7 Å². The molecule has 0 radical (unpaired) electrons. The summed E-state index contributed by atoms with van der Waals surface area (Å²) in [6, 6.07) is 4.96. The summed E-state index contributed by atoms with van der Waals surface area (Å²) in [5, 5.41) is 5.45.